The zero-order valence-electron chi connectivity index (χ0n) is 30.2. The standard InChI is InChI=1S/C42H18F10N4O5/c1-60-42(59)14-12-24(57)61-23-11-2-13(41(58)26(14)23)25-17-7-9-21(55-17)27(29-31(43)35(47)39(51)36(48)32(29)44)19-5-3-15(53-19)16-4-6-20(54-16)28(22-10-8-18(25)56-22)30-33(45)37(49)40(52)38(50)34(30)46/h2-12,53-55,58H,1H3. The summed E-state index contributed by atoms with van der Waals surface area (Å²) in [4.78, 5) is 38.1. The molecule has 0 fully saturated rings. The van der Waals surface area contributed by atoms with Crippen LogP contribution in [0.15, 0.2) is 63.8 Å². The molecule has 19 heteroatoms. The van der Waals surface area contributed by atoms with Gasteiger partial charge in [-0.1, -0.05) is 0 Å². The Kier molecular flexibility index (Phi) is 8.81. The molecule has 306 valence electrons. The Morgan fingerprint density at radius 1 is 0.557 bits per heavy atom. The second-order valence-corrected chi connectivity index (χ2v) is 13.4. The summed E-state index contributed by atoms with van der Waals surface area (Å²) in [7, 11) is 0.992. The first-order valence-corrected chi connectivity index (χ1v) is 17.4. The van der Waals surface area contributed by atoms with E-state index in [0.29, 0.717) is 0 Å². The highest BCUT2D eigenvalue weighted by molar-refractivity contribution is 6.09. The number of halogens is 10. The average molecular weight is 849 g/mol. The lowest BCUT2D eigenvalue weighted by Gasteiger charge is -2.12. The Balaban J connectivity index is 1.52. The van der Waals surface area contributed by atoms with Gasteiger partial charge < -0.3 is 29.2 Å². The van der Waals surface area contributed by atoms with E-state index in [9.17, 15) is 41.0 Å². The Morgan fingerprint density at radius 3 is 1.48 bits per heavy atom. The Hall–Kier alpha value is -7.83. The molecule has 8 bridgehead atoms. The molecule has 0 amide bonds. The Bertz CT molecular complexity index is 3440. The van der Waals surface area contributed by atoms with Crippen LogP contribution in [0.4, 0.5) is 43.9 Å². The minimum atomic E-state index is -2.44. The number of hydrogen-bond donors (Lipinski definition) is 4. The van der Waals surface area contributed by atoms with E-state index in [4.69, 9.17) is 9.15 Å². The Labute approximate surface area is 331 Å². The molecule has 3 aromatic carbocycles. The minimum Gasteiger partial charge on any atom is -0.507 e. The van der Waals surface area contributed by atoms with Gasteiger partial charge in [-0.2, -0.15) is 0 Å². The van der Waals surface area contributed by atoms with Gasteiger partial charge in [-0.3, -0.25) is 0 Å². The maximum atomic E-state index is 15.7. The molecule has 6 heterocycles. The molecule has 1 aliphatic heterocycles. The van der Waals surface area contributed by atoms with Crippen LogP contribution in [0.1, 0.15) is 21.7 Å². The molecular formula is C42H18F10N4O5. The lowest BCUT2D eigenvalue weighted by atomic mass is 9.98. The van der Waals surface area contributed by atoms with Crippen LogP contribution in [0.2, 0.25) is 0 Å². The van der Waals surface area contributed by atoms with E-state index < -0.39 is 109 Å². The lowest BCUT2D eigenvalue weighted by Crippen LogP contribution is -2.08. The van der Waals surface area contributed by atoms with Gasteiger partial charge >= 0.3 is 11.6 Å². The number of aromatic hydroxyl groups is 1. The summed E-state index contributed by atoms with van der Waals surface area (Å²) in [6, 6.07) is 10.5. The lowest BCUT2D eigenvalue weighted by molar-refractivity contribution is 0.0602. The molecule has 0 atom stereocenters. The number of phenolic OH excluding ortho intramolecular Hbond substituents is 1. The van der Waals surface area contributed by atoms with Crippen LogP contribution in [0.25, 0.3) is 89.6 Å². The molecule has 9 rings (SSSR count). The number of esters is 1. The van der Waals surface area contributed by atoms with Crippen molar-refractivity contribution in [3.63, 3.8) is 0 Å². The first-order chi connectivity index (χ1) is 29.1. The van der Waals surface area contributed by atoms with Crippen LogP contribution in [-0.2, 0) is 4.74 Å². The predicted octanol–water partition coefficient (Wildman–Crippen LogP) is 10.7. The zero-order valence-corrected chi connectivity index (χ0v) is 30.2. The molecule has 4 N–H and O–H groups in total. The molecule has 61 heavy (non-hydrogen) atoms. The van der Waals surface area contributed by atoms with Crippen LogP contribution >= 0.6 is 0 Å². The fourth-order valence-electron chi connectivity index (χ4n) is 7.33. The first kappa shape index (κ1) is 38.7. The third-order valence-electron chi connectivity index (χ3n) is 10.1. The number of carbonyl (C=O) groups excluding carboxylic acids is 1. The van der Waals surface area contributed by atoms with Crippen LogP contribution in [-0.4, -0.2) is 38.1 Å². The molecule has 0 unspecified atom stereocenters. The van der Waals surface area contributed by atoms with Gasteiger partial charge in [0.1, 0.15) is 11.3 Å². The van der Waals surface area contributed by atoms with Crippen LogP contribution < -0.4 is 5.63 Å². The van der Waals surface area contributed by atoms with Crippen molar-refractivity contribution in [3.05, 3.63) is 140 Å². The molecule has 0 aliphatic carbocycles. The number of aromatic amines is 3. The summed E-state index contributed by atoms with van der Waals surface area (Å²) in [5.41, 5.74) is -7.87. The molecule has 0 spiro atoms. The maximum Gasteiger partial charge on any atom is 0.339 e. The zero-order chi connectivity index (χ0) is 43.3. The van der Waals surface area contributed by atoms with E-state index >= 15 is 17.6 Å². The number of nitrogens with zero attached hydrogens (tertiary/aromatic N) is 1. The average Bonchev–Trinajstić information content (AvgIpc) is 4.10. The van der Waals surface area contributed by atoms with Gasteiger partial charge in [0.05, 0.1) is 51.6 Å². The number of rotatable bonds is 4. The number of nitrogens with one attached hydrogen (secondary N) is 3. The van der Waals surface area contributed by atoms with Gasteiger partial charge in [-0.15, -0.1) is 0 Å². The van der Waals surface area contributed by atoms with E-state index in [0.717, 1.165) is 25.3 Å². The minimum absolute atomic E-state index is 0.0367. The molecule has 5 aromatic heterocycles. The number of aromatic nitrogens is 4. The quantitative estimate of drug-likeness (QED) is 0.0458. The number of benzene rings is 3. The van der Waals surface area contributed by atoms with Gasteiger partial charge in [0.15, 0.2) is 46.5 Å². The van der Waals surface area contributed by atoms with Crippen molar-refractivity contribution in [1.82, 2.24) is 19.9 Å². The maximum absolute atomic E-state index is 15.7. The molecular weight excluding hydrogens is 830 g/mol. The molecule has 9 nitrogen and oxygen atoms in total. The Morgan fingerprint density at radius 2 is 0.967 bits per heavy atom. The molecule has 1 aliphatic rings. The van der Waals surface area contributed by atoms with E-state index in [1.165, 1.54) is 48.5 Å². The van der Waals surface area contributed by atoms with E-state index in [1.807, 2.05) is 0 Å². The second kappa shape index (κ2) is 13.9. The van der Waals surface area contributed by atoms with E-state index in [1.54, 1.807) is 0 Å². The third kappa shape index (κ3) is 5.75. The fraction of sp³-hybridized carbons (Fsp3) is 0.0238. The van der Waals surface area contributed by atoms with Gasteiger partial charge in [0.2, 0.25) is 11.6 Å². The van der Waals surface area contributed by atoms with Crippen molar-refractivity contribution in [1.29, 1.82) is 0 Å². The van der Waals surface area contributed by atoms with Crippen LogP contribution in [0.3, 0.4) is 0 Å². The van der Waals surface area contributed by atoms with Gasteiger partial charge in [-0.05, 0) is 60.7 Å². The molecule has 8 aromatic rings. The van der Waals surface area contributed by atoms with E-state index in [-0.39, 0.29) is 60.9 Å². The first-order valence-electron chi connectivity index (χ1n) is 17.4. The number of methoxy groups -OCH3 is 1. The second-order valence-electron chi connectivity index (χ2n) is 13.4. The van der Waals surface area contributed by atoms with Crippen LogP contribution in [0, 0.1) is 58.2 Å². The summed E-state index contributed by atoms with van der Waals surface area (Å²) in [6.07, 6.45) is 2.34. The van der Waals surface area contributed by atoms with Gasteiger partial charge in [0.25, 0.3) is 0 Å². The van der Waals surface area contributed by atoms with Crippen molar-refractivity contribution in [3.8, 4) is 39.1 Å². The summed E-state index contributed by atoms with van der Waals surface area (Å²) in [5.74, 6) is -24.7. The van der Waals surface area contributed by atoms with Crippen molar-refractivity contribution in [2.75, 3.05) is 7.11 Å². The summed E-state index contributed by atoms with van der Waals surface area (Å²) in [5, 5.41) is 11.5. The number of fused-ring (bicyclic) bond motifs is 10. The third-order valence-corrected chi connectivity index (χ3v) is 10.1. The molecule has 0 saturated heterocycles. The highest BCUT2D eigenvalue weighted by Crippen LogP contribution is 2.44. The van der Waals surface area contributed by atoms with Crippen molar-refractivity contribution in [2.45, 2.75) is 0 Å². The highest BCUT2D eigenvalue weighted by atomic mass is 19.2. The van der Waals surface area contributed by atoms with Crippen molar-refractivity contribution < 1.29 is 63.0 Å². The molecule has 0 saturated carbocycles. The summed E-state index contributed by atoms with van der Waals surface area (Å²) < 4.78 is 161. The number of phenols is 1. The van der Waals surface area contributed by atoms with Crippen molar-refractivity contribution >= 4 is 62.2 Å². The normalized spacial score (nSPS) is 12.0. The summed E-state index contributed by atoms with van der Waals surface area (Å²) >= 11 is 0. The van der Waals surface area contributed by atoms with Crippen LogP contribution in [0.5, 0.6) is 5.75 Å². The number of carbonyl (C=O) groups is 1. The molecule has 0 radical (unpaired) electrons. The van der Waals surface area contributed by atoms with Crippen molar-refractivity contribution in [2.24, 2.45) is 0 Å². The number of hydrogen-bond acceptors (Lipinski definition) is 6. The smallest absolute Gasteiger partial charge is 0.339 e. The predicted molar refractivity (Wildman–Crippen MR) is 200 cm³/mol. The summed E-state index contributed by atoms with van der Waals surface area (Å²) in [6.45, 7) is 0. The SMILES string of the molecule is COC(=O)c1cc(=O)oc2ccc(-c3c4nc(c(-c5c(F)c(F)c(F)c(F)c5F)c5ccc([nH]5)c5ccc([nH]5)c(-c5c(F)c(F)c(F)c(F)c5F)c5ccc3[nH]5)C=C4)c(O)c12. The van der Waals surface area contributed by atoms with Gasteiger partial charge in [-0.25, -0.2) is 58.5 Å². The number of H-pyrrole nitrogens is 3. The topological polar surface area (TPSA) is 137 Å². The number of ether oxygens (including phenoxy) is 1. The highest BCUT2D eigenvalue weighted by Gasteiger charge is 2.31. The van der Waals surface area contributed by atoms with Gasteiger partial charge in [0, 0.05) is 50.4 Å². The fourth-order valence-corrected chi connectivity index (χ4v) is 7.33. The largest absolute Gasteiger partial charge is 0.507 e. The van der Waals surface area contributed by atoms with E-state index in [2.05, 4.69) is 19.9 Å². The monoisotopic (exact) mass is 848 g/mol.